The van der Waals surface area contributed by atoms with Gasteiger partial charge in [0, 0.05) is 51.8 Å². The summed E-state index contributed by atoms with van der Waals surface area (Å²) in [5, 5.41) is 11.5. The first-order valence-corrected chi connectivity index (χ1v) is 12.9. The van der Waals surface area contributed by atoms with Crippen molar-refractivity contribution in [3.63, 3.8) is 0 Å². The third-order valence-corrected chi connectivity index (χ3v) is 7.13. The van der Waals surface area contributed by atoms with Crippen LogP contribution in [0.15, 0.2) is 64.2 Å². The van der Waals surface area contributed by atoms with Crippen LogP contribution in [0.1, 0.15) is 5.56 Å². The summed E-state index contributed by atoms with van der Waals surface area (Å²) in [4.78, 5) is 35.0. The van der Waals surface area contributed by atoms with E-state index in [9.17, 15) is 14.7 Å². The molecule has 0 bridgehead atoms. The average Bonchev–Trinajstić information content (AvgIpc) is 3.30. The van der Waals surface area contributed by atoms with E-state index in [1.54, 1.807) is 35.9 Å². The Morgan fingerprint density at radius 1 is 0.974 bits per heavy atom. The number of rotatable bonds is 8. The number of benzene rings is 2. The summed E-state index contributed by atoms with van der Waals surface area (Å²) in [7, 11) is 3.05. The number of hydrogen-bond acceptors (Lipinski definition) is 7. The fourth-order valence-electron chi connectivity index (χ4n) is 4.78. The summed E-state index contributed by atoms with van der Waals surface area (Å²) in [6, 6.07) is 17.2. The van der Waals surface area contributed by atoms with Crippen molar-refractivity contribution in [2.45, 2.75) is 19.2 Å². The van der Waals surface area contributed by atoms with Crippen molar-refractivity contribution in [2.75, 3.05) is 37.7 Å². The highest BCUT2D eigenvalue weighted by Gasteiger charge is 2.27. The quantitative estimate of drug-likeness (QED) is 0.365. The molecule has 10 nitrogen and oxygen atoms in total. The number of aryl methyl sites for hydroxylation is 1. The number of piperazine rings is 1. The average molecular weight is 539 g/mol. The van der Waals surface area contributed by atoms with E-state index in [1.807, 2.05) is 18.2 Å². The first kappa shape index (κ1) is 26.0. The van der Waals surface area contributed by atoms with Crippen LogP contribution in [0.2, 0.25) is 5.02 Å². The van der Waals surface area contributed by atoms with E-state index in [2.05, 4.69) is 21.9 Å². The van der Waals surface area contributed by atoms with Gasteiger partial charge in [-0.3, -0.25) is 18.8 Å². The Kier molecular flexibility index (Phi) is 7.55. The largest absolute Gasteiger partial charge is 0.491 e. The lowest BCUT2D eigenvalue weighted by Crippen LogP contribution is -2.47. The lowest BCUT2D eigenvalue weighted by molar-refractivity contribution is 0.0935. The maximum absolute atomic E-state index is 13.2. The maximum Gasteiger partial charge on any atom is 0.332 e. The molecule has 4 aromatic rings. The number of fused-ring (bicyclic) bond motifs is 1. The number of anilines is 1. The number of aliphatic hydroxyl groups excluding tert-OH is 1. The van der Waals surface area contributed by atoms with Crippen LogP contribution in [0.4, 0.5) is 5.95 Å². The molecule has 38 heavy (non-hydrogen) atoms. The van der Waals surface area contributed by atoms with E-state index in [0.29, 0.717) is 35.5 Å². The minimum absolute atomic E-state index is 0.0116. The Labute approximate surface area is 224 Å². The topological polar surface area (TPSA) is 97.8 Å². The van der Waals surface area contributed by atoms with Crippen LogP contribution in [-0.2, 0) is 27.2 Å². The smallest absolute Gasteiger partial charge is 0.332 e. The standard InChI is InChI=1S/C27H31ClN6O4/c1-30-24-23(25(36)31(2)27(30)37)34(17-21(35)18-38-22-10-8-20(28)9-11-22)26(29-24)33-14-12-32(13-15-33)16-19-6-4-3-5-7-19/h3-11,21,35H,12-18H2,1-2H3. The summed E-state index contributed by atoms with van der Waals surface area (Å²) in [5.41, 5.74) is 0.941. The molecule has 200 valence electrons. The third kappa shape index (κ3) is 5.33. The summed E-state index contributed by atoms with van der Waals surface area (Å²) in [5.74, 6) is 1.14. The van der Waals surface area contributed by atoms with E-state index in [-0.39, 0.29) is 18.7 Å². The normalized spacial score (nSPS) is 15.2. The van der Waals surface area contributed by atoms with Crippen LogP contribution < -0.4 is 20.9 Å². The number of halogens is 1. The highest BCUT2D eigenvalue weighted by atomic mass is 35.5. The van der Waals surface area contributed by atoms with Gasteiger partial charge in [-0.2, -0.15) is 4.98 Å². The third-order valence-electron chi connectivity index (χ3n) is 6.88. The van der Waals surface area contributed by atoms with Gasteiger partial charge in [-0.25, -0.2) is 4.79 Å². The van der Waals surface area contributed by atoms with Crippen LogP contribution in [0.5, 0.6) is 5.75 Å². The number of hydrogen-bond donors (Lipinski definition) is 1. The number of aromatic nitrogens is 4. The molecule has 0 radical (unpaired) electrons. The molecule has 1 aliphatic heterocycles. The second kappa shape index (κ2) is 11.0. The number of imidazole rings is 1. The van der Waals surface area contributed by atoms with Gasteiger partial charge in [-0.15, -0.1) is 0 Å². The molecule has 2 aromatic carbocycles. The van der Waals surface area contributed by atoms with Gasteiger partial charge >= 0.3 is 5.69 Å². The molecular formula is C27H31ClN6O4. The Morgan fingerprint density at radius 3 is 2.34 bits per heavy atom. The van der Waals surface area contributed by atoms with Gasteiger partial charge in [0.05, 0.1) is 6.54 Å². The molecule has 1 N–H and O–H groups in total. The lowest BCUT2D eigenvalue weighted by atomic mass is 10.2. The minimum Gasteiger partial charge on any atom is -0.491 e. The number of ether oxygens (including phenoxy) is 1. The van der Waals surface area contributed by atoms with Gasteiger partial charge in [0.1, 0.15) is 18.5 Å². The van der Waals surface area contributed by atoms with Crippen LogP contribution in [0.3, 0.4) is 0 Å². The molecule has 1 aliphatic rings. The molecule has 1 atom stereocenters. The highest BCUT2D eigenvalue weighted by molar-refractivity contribution is 6.30. The van der Waals surface area contributed by atoms with Gasteiger partial charge in [0.2, 0.25) is 5.95 Å². The van der Waals surface area contributed by atoms with E-state index in [0.717, 1.165) is 24.2 Å². The van der Waals surface area contributed by atoms with Crippen molar-refractivity contribution in [1.82, 2.24) is 23.6 Å². The summed E-state index contributed by atoms with van der Waals surface area (Å²) in [6.07, 6.45) is -0.928. The van der Waals surface area contributed by atoms with Crippen molar-refractivity contribution < 1.29 is 9.84 Å². The van der Waals surface area contributed by atoms with Gasteiger partial charge in [-0.1, -0.05) is 41.9 Å². The fourth-order valence-corrected chi connectivity index (χ4v) is 4.91. The molecule has 0 aliphatic carbocycles. The molecule has 0 spiro atoms. The van der Waals surface area contributed by atoms with Crippen LogP contribution in [0.25, 0.3) is 11.2 Å². The van der Waals surface area contributed by atoms with Crippen molar-refractivity contribution in [3.8, 4) is 5.75 Å². The predicted molar refractivity (Wildman–Crippen MR) is 147 cm³/mol. The van der Waals surface area contributed by atoms with Gasteiger partial charge in [-0.05, 0) is 29.8 Å². The zero-order valence-electron chi connectivity index (χ0n) is 21.5. The Balaban J connectivity index is 1.40. The Morgan fingerprint density at radius 2 is 1.66 bits per heavy atom. The number of aliphatic hydroxyl groups is 1. The van der Waals surface area contributed by atoms with Gasteiger partial charge in [0.15, 0.2) is 11.2 Å². The van der Waals surface area contributed by atoms with Crippen molar-refractivity contribution in [2.24, 2.45) is 14.1 Å². The second-order valence-corrected chi connectivity index (χ2v) is 10.0. The molecule has 11 heteroatoms. The van der Waals surface area contributed by atoms with Crippen molar-refractivity contribution in [3.05, 3.63) is 86.0 Å². The molecule has 1 saturated heterocycles. The maximum atomic E-state index is 13.2. The lowest BCUT2D eigenvalue weighted by Gasteiger charge is -2.35. The first-order chi connectivity index (χ1) is 18.3. The molecule has 0 amide bonds. The predicted octanol–water partition coefficient (Wildman–Crippen LogP) is 1.85. The Bertz CT molecular complexity index is 1520. The van der Waals surface area contributed by atoms with E-state index in [1.165, 1.54) is 17.2 Å². The van der Waals surface area contributed by atoms with Gasteiger partial charge in [0.25, 0.3) is 5.56 Å². The molecule has 3 heterocycles. The van der Waals surface area contributed by atoms with Gasteiger partial charge < -0.3 is 19.3 Å². The second-order valence-electron chi connectivity index (χ2n) is 9.57. The highest BCUT2D eigenvalue weighted by Crippen LogP contribution is 2.23. The summed E-state index contributed by atoms with van der Waals surface area (Å²) < 4.78 is 9.90. The molecule has 1 unspecified atom stereocenters. The molecule has 5 rings (SSSR count). The van der Waals surface area contributed by atoms with E-state index < -0.39 is 17.4 Å². The zero-order valence-corrected chi connectivity index (χ0v) is 22.2. The Hall–Kier alpha value is -3.60. The SMILES string of the molecule is Cn1c(=O)c2c(nc(N3CCN(Cc4ccccc4)CC3)n2CC(O)COc2ccc(Cl)cc2)n(C)c1=O. The van der Waals surface area contributed by atoms with Crippen LogP contribution >= 0.6 is 11.6 Å². The summed E-state index contributed by atoms with van der Waals surface area (Å²) >= 11 is 5.94. The molecule has 2 aromatic heterocycles. The minimum atomic E-state index is -0.928. The first-order valence-electron chi connectivity index (χ1n) is 12.6. The molecular weight excluding hydrogens is 508 g/mol. The fraction of sp³-hybridized carbons (Fsp3) is 0.370. The van der Waals surface area contributed by atoms with Crippen molar-refractivity contribution >= 4 is 28.7 Å². The molecule has 1 fully saturated rings. The molecule has 0 saturated carbocycles. The van der Waals surface area contributed by atoms with Crippen molar-refractivity contribution in [1.29, 1.82) is 0 Å². The number of nitrogens with zero attached hydrogens (tertiary/aromatic N) is 6. The zero-order chi connectivity index (χ0) is 26.8. The monoisotopic (exact) mass is 538 g/mol. The van der Waals surface area contributed by atoms with E-state index >= 15 is 0 Å². The van der Waals surface area contributed by atoms with Crippen LogP contribution in [-0.4, -0.2) is 67.6 Å². The van der Waals surface area contributed by atoms with E-state index in [4.69, 9.17) is 21.3 Å². The summed E-state index contributed by atoms with van der Waals surface area (Å²) in [6.45, 7) is 3.98. The van der Waals surface area contributed by atoms with Crippen LogP contribution in [0, 0.1) is 0 Å².